The zero-order valence-electron chi connectivity index (χ0n) is 9.87. The zero-order valence-corrected chi connectivity index (χ0v) is 10.7. The van der Waals surface area contributed by atoms with Gasteiger partial charge in [0.2, 0.25) is 0 Å². The Morgan fingerprint density at radius 3 is 2.44 bits per heavy atom. The van der Waals surface area contributed by atoms with Gasteiger partial charge in [0.25, 0.3) is 5.91 Å². The highest BCUT2D eigenvalue weighted by Crippen LogP contribution is 2.26. The third kappa shape index (κ3) is 2.69. The lowest BCUT2D eigenvalue weighted by molar-refractivity contribution is 0.0689. The maximum Gasteiger partial charge on any atom is 0.264 e. The molecule has 1 aromatic heterocycles. The van der Waals surface area contributed by atoms with Gasteiger partial charge in [-0.15, -0.1) is 11.3 Å². The second kappa shape index (κ2) is 5.95. The molecular weight excluding hydrogens is 250 g/mol. The van der Waals surface area contributed by atoms with Crippen LogP contribution in [0.15, 0.2) is 30.3 Å². The number of rotatable bonds is 5. The first kappa shape index (κ1) is 13.0. The number of hydrogen-bond acceptors (Lipinski definition) is 4. The fourth-order valence-electron chi connectivity index (χ4n) is 1.80. The summed E-state index contributed by atoms with van der Waals surface area (Å²) in [6.45, 7) is 0.286. The molecule has 2 rings (SSSR count). The van der Waals surface area contributed by atoms with Crippen LogP contribution in [0.5, 0.6) is 0 Å². The molecule has 0 saturated carbocycles. The lowest BCUT2D eigenvalue weighted by Gasteiger charge is -2.19. The molecule has 5 heteroatoms. The largest absolute Gasteiger partial charge is 0.395 e. The summed E-state index contributed by atoms with van der Waals surface area (Å²) < 4.78 is 1.06. The topological polar surface area (TPSA) is 60.8 Å². The average Bonchev–Trinajstić information content (AvgIpc) is 2.81. The van der Waals surface area contributed by atoms with Gasteiger partial charge >= 0.3 is 0 Å². The van der Waals surface area contributed by atoms with Crippen molar-refractivity contribution in [1.82, 2.24) is 4.90 Å². The normalized spacial score (nSPS) is 10.8. The number of aliphatic hydroxyl groups is 2. The molecule has 0 atom stereocenters. The molecule has 4 nitrogen and oxygen atoms in total. The number of thiophene rings is 1. The number of benzene rings is 1. The van der Waals surface area contributed by atoms with Gasteiger partial charge in [0, 0.05) is 17.8 Å². The molecule has 96 valence electrons. The molecule has 0 aliphatic carbocycles. The van der Waals surface area contributed by atoms with Crippen LogP contribution in [0.4, 0.5) is 0 Å². The molecule has 0 unspecified atom stereocenters. The van der Waals surface area contributed by atoms with E-state index in [4.69, 9.17) is 10.2 Å². The van der Waals surface area contributed by atoms with Crippen LogP contribution in [0.2, 0.25) is 0 Å². The Morgan fingerprint density at radius 2 is 1.83 bits per heavy atom. The fourth-order valence-corrected chi connectivity index (χ4v) is 2.83. The van der Waals surface area contributed by atoms with E-state index in [1.807, 2.05) is 30.3 Å². The highest BCUT2D eigenvalue weighted by Gasteiger charge is 2.17. The molecule has 0 aliphatic heterocycles. The second-order valence-electron chi connectivity index (χ2n) is 3.89. The predicted molar refractivity (Wildman–Crippen MR) is 71.9 cm³/mol. The molecular formula is C13H15NO3S. The number of amides is 1. The molecule has 0 bridgehead atoms. The third-order valence-electron chi connectivity index (χ3n) is 2.66. The fraction of sp³-hybridized carbons (Fsp3) is 0.308. The van der Waals surface area contributed by atoms with E-state index in [1.54, 1.807) is 0 Å². The first-order chi connectivity index (χ1) is 8.76. The first-order valence-electron chi connectivity index (χ1n) is 5.76. The quantitative estimate of drug-likeness (QED) is 0.857. The smallest absolute Gasteiger partial charge is 0.264 e. The van der Waals surface area contributed by atoms with Crippen molar-refractivity contribution < 1.29 is 15.0 Å². The third-order valence-corrected chi connectivity index (χ3v) is 3.77. The Balaban J connectivity index is 2.25. The zero-order chi connectivity index (χ0) is 13.0. The predicted octanol–water partition coefficient (Wildman–Crippen LogP) is 1.33. The number of aliphatic hydroxyl groups excluding tert-OH is 2. The van der Waals surface area contributed by atoms with Crippen LogP contribution in [0, 0.1) is 0 Å². The van der Waals surface area contributed by atoms with E-state index in [2.05, 4.69) is 0 Å². The summed E-state index contributed by atoms with van der Waals surface area (Å²) in [5.74, 6) is -0.140. The molecule has 0 radical (unpaired) electrons. The van der Waals surface area contributed by atoms with E-state index in [1.165, 1.54) is 16.2 Å². The lowest BCUT2D eigenvalue weighted by atomic mass is 10.2. The van der Waals surface area contributed by atoms with Gasteiger partial charge in [-0.3, -0.25) is 4.79 Å². The van der Waals surface area contributed by atoms with Crippen molar-refractivity contribution in [1.29, 1.82) is 0 Å². The highest BCUT2D eigenvalue weighted by atomic mass is 32.1. The standard InChI is InChI=1S/C13H15NO3S/c15-7-5-14(6-8-16)13(17)12-9-10-3-1-2-4-11(10)18-12/h1-4,9,15-16H,5-8H2. The van der Waals surface area contributed by atoms with Crippen molar-refractivity contribution >= 4 is 27.3 Å². The molecule has 1 amide bonds. The number of nitrogens with zero attached hydrogens (tertiary/aromatic N) is 1. The van der Waals surface area contributed by atoms with Crippen LogP contribution in [0.25, 0.3) is 10.1 Å². The van der Waals surface area contributed by atoms with E-state index >= 15 is 0 Å². The monoisotopic (exact) mass is 265 g/mol. The summed E-state index contributed by atoms with van der Waals surface area (Å²) in [6, 6.07) is 9.66. The summed E-state index contributed by atoms with van der Waals surface area (Å²) in [6.07, 6.45) is 0. The molecule has 0 aliphatic rings. The van der Waals surface area contributed by atoms with Crippen LogP contribution in [-0.4, -0.2) is 47.3 Å². The van der Waals surface area contributed by atoms with Gasteiger partial charge < -0.3 is 15.1 Å². The minimum atomic E-state index is -0.140. The molecule has 1 aromatic carbocycles. The van der Waals surface area contributed by atoms with Crippen LogP contribution in [0.1, 0.15) is 9.67 Å². The SMILES string of the molecule is O=C(c1cc2ccccc2s1)N(CCO)CCO. The van der Waals surface area contributed by atoms with Gasteiger partial charge in [0.1, 0.15) is 0 Å². The second-order valence-corrected chi connectivity index (χ2v) is 4.97. The molecule has 0 spiro atoms. The van der Waals surface area contributed by atoms with Gasteiger partial charge in [-0.1, -0.05) is 18.2 Å². The van der Waals surface area contributed by atoms with E-state index in [9.17, 15) is 4.79 Å². The maximum atomic E-state index is 12.2. The molecule has 18 heavy (non-hydrogen) atoms. The highest BCUT2D eigenvalue weighted by molar-refractivity contribution is 7.20. The van der Waals surface area contributed by atoms with Crippen molar-refractivity contribution in [3.05, 3.63) is 35.2 Å². The van der Waals surface area contributed by atoms with Crippen LogP contribution in [0.3, 0.4) is 0 Å². The Labute approximate surface area is 109 Å². The summed E-state index contributed by atoms with van der Waals surface area (Å²) in [4.78, 5) is 14.3. The van der Waals surface area contributed by atoms with Crippen molar-refractivity contribution in [3.8, 4) is 0 Å². The number of fused-ring (bicyclic) bond motifs is 1. The van der Waals surface area contributed by atoms with Crippen LogP contribution in [-0.2, 0) is 0 Å². The first-order valence-corrected chi connectivity index (χ1v) is 6.57. The number of hydrogen-bond donors (Lipinski definition) is 2. The average molecular weight is 265 g/mol. The van der Waals surface area contributed by atoms with Gasteiger partial charge in [0.05, 0.1) is 18.1 Å². The molecule has 0 saturated heterocycles. The minimum absolute atomic E-state index is 0.101. The molecule has 2 aromatic rings. The summed E-state index contributed by atoms with van der Waals surface area (Å²) in [5.41, 5.74) is 0. The van der Waals surface area contributed by atoms with Crippen molar-refractivity contribution in [2.24, 2.45) is 0 Å². The van der Waals surface area contributed by atoms with Crippen LogP contribution < -0.4 is 0 Å². The Kier molecular flexibility index (Phi) is 4.30. The summed E-state index contributed by atoms with van der Waals surface area (Å²) >= 11 is 1.43. The summed E-state index contributed by atoms with van der Waals surface area (Å²) in [7, 11) is 0. The van der Waals surface area contributed by atoms with Crippen molar-refractivity contribution in [3.63, 3.8) is 0 Å². The van der Waals surface area contributed by atoms with Gasteiger partial charge in [0.15, 0.2) is 0 Å². The lowest BCUT2D eigenvalue weighted by Crippen LogP contribution is -2.35. The Hall–Kier alpha value is -1.43. The van der Waals surface area contributed by atoms with Crippen molar-refractivity contribution in [2.75, 3.05) is 26.3 Å². The van der Waals surface area contributed by atoms with E-state index in [0.29, 0.717) is 4.88 Å². The minimum Gasteiger partial charge on any atom is -0.395 e. The van der Waals surface area contributed by atoms with E-state index < -0.39 is 0 Å². The molecule has 2 N–H and O–H groups in total. The van der Waals surface area contributed by atoms with Gasteiger partial charge in [-0.25, -0.2) is 0 Å². The van der Waals surface area contributed by atoms with Gasteiger partial charge in [-0.05, 0) is 17.5 Å². The number of carbonyl (C=O) groups is 1. The molecule has 0 fully saturated rings. The van der Waals surface area contributed by atoms with E-state index in [0.717, 1.165) is 10.1 Å². The maximum absolute atomic E-state index is 12.2. The Bertz CT molecular complexity index is 499. The van der Waals surface area contributed by atoms with Crippen molar-refractivity contribution in [2.45, 2.75) is 0 Å². The van der Waals surface area contributed by atoms with E-state index in [-0.39, 0.29) is 32.2 Å². The van der Waals surface area contributed by atoms with Gasteiger partial charge in [-0.2, -0.15) is 0 Å². The molecule has 1 heterocycles. The number of carbonyl (C=O) groups excluding carboxylic acids is 1. The Morgan fingerprint density at radius 1 is 1.17 bits per heavy atom. The van der Waals surface area contributed by atoms with Crippen LogP contribution >= 0.6 is 11.3 Å². The summed E-state index contributed by atoms with van der Waals surface area (Å²) in [5, 5.41) is 18.9.